The van der Waals surface area contributed by atoms with Crippen molar-refractivity contribution < 1.29 is 19.2 Å². The third kappa shape index (κ3) is 4.88. The number of rotatable bonds is 8. The van der Waals surface area contributed by atoms with Crippen molar-refractivity contribution in [3.63, 3.8) is 0 Å². The highest BCUT2D eigenvalue weighted by atomic mass is 16.7. The van der Waals surface area contributed by atoms with Gasteiger partial charge in [0.2, 0.25) is 0 Å². The van der Waals surface area contributed by atoms with E-state index < -0.39 is 11.9 Å². The van der Waals surface area contributed by atoms with Crippen molar-refractivity contribution in [3.05, 3.63) is 65.9 Å². The summed E-state index contributed by atoms with van der Waals surface area (Å²) in [5.74, 6) is -0.521. The van der Waals surface area contributed by atoms with Crippen molar-refractivity contribution in [1.29, 1.82) is 0 Å². The maximum Gasteiger partial charge on any atom is 0.335 e. The van der Waals surface area contributed by atoms with Crippen LogP contribution in [0.3, 0.4) is 0 Å². The lowest BCUT2D eigenvalue weighted by atomic mass is 10.1. The zero-order valence-electron chi connectivity index (χ0n) is 15.1. The molecule has 0 saturated carbocycles. The summed E-state index contributed by atoms with van der Waals surface area (Å²) in [5, 5.41) is 4.76. The van der Waals surface area contributed by atoms with Crippen LogP contribution in [-0.2, 0) is 20.8 Å². The Balaban J connectivity index is 1.52. The van der Waals surface area contributed by atoms with Gasteiger partial charge < -0.3 is 26.0 Å². The highest BCUT2D eigenvalue weighted by Crippen LogP contribution is 2.19. The number of hydrogen-bond acceptors (Lipinski definition) is 5. The average Bonchev–Trinajstić information content (AvgIpc) is 3.12. The summed E-state index contributed by atoms with van der Waals surface area (Å²) < 4.78 is 5.16. The first-order chi connectivity index (χ1) is 13.5. The van der Waals surface area contributed by atoms with Gasteiger partial charge in [0.05, 0.1) is 6.42 Å². The largest absolute Gasteiger partial charge is 0.484 e. The molecule has 144 valence electrons. The number of nitrogens with one attached hydrogen (secondary N) is 1. The summed E-state index contributed by atoms with van der Waals surface area (Å²) in [5.41, 5.74) is 13.5. The molecular weight excluding hydrogens is 360 g/mol. The number of nitrogens with two attached hydrogens (primary N) is 2. The van der Waals surface area contributed by atoms with Crippen LogP contribution in [0.15, 0.2) is 59.9 Å². The van der Waals surface area contributed by atoms with E-state index in [1.54, 1.807) is 24.3 Å². The molecule has 1 heterocycles. The van der Waals surface area contributed by atoms with Gasteiger partial charge in [0.1, 0.15) is 5.75 Å². The fourth-order valence-electron chi connectivity index (χ4n) is 2.65. The predicted molar refractivity (Wildman–Crippen MR) is 105 cm³/mol. The number of hydrogen-bond donors (Lipinski definition) is 3. The van der Waals surface area contributed by atoms with Crippen molar-refractivity contribution in [2.24, 2.45) is 16.6 Å². The molecule has 2 aromatic carbocycles. The third-order valence-electron chi connectivity index (χ3n) is 4.05. The van der Waals surface area contributed by atoms with Crippen molar-refractivity contribution in [2.45, 2.75) is 12.8 Å². The number of aromatic amines is 1. The number of carbonyl (C=O) groups excluding carboxylic acids is 2. The zero-order chi connectivity index (χ0) is 19.9. The van der Waals surface area contributed by atoms with Crippen molar-refractivity contribution in [1.82, 2.24) is 4.98 Å². The minimum atomic E-state index is -0.565. The van der Waals surface area contributed by atoms with Gasteiger partial charge in [0, 0.05) is 22.7 Å². The van der Waals surface area contributed by atoms with Crippen LogP contribution in [0, 0.1) is 0 Å². The molecule has 0 radical (unpaired) electrons. The number of benzene rings is 2. The molecule has 0 aliphatic heterocycles. The van der Waals surface area contributed by atoms with Crippen LogP contribution < -0.4 is 16.2 Å². The van der Waals surface area contributed by atoms with Gasteiger partial charge in [0.15, 0.2) is 12.4 Å². The number of carbonyl (C=O) groups is 2. The predicted octanol–water partition coefficient (Wildman–Crippen LogP) is 1.83. The Morgan fingerprint density at radius 3 is 2.54 bits per heavy atom. The fraction of sp³-hybridized carbons (Fsp3) is 0.150. The van der Waals surface area contributed by atoms with E-state index in [9.17, 15) is 9.59 Å². The van der Waals surface area contributed by atoms with Gasteiger partial charge >= 0.3 is 5.97 Å². The lowest BCUT2D eigenvalue weighted by molar-refractivity contribution is -0.143. The van der Waals surface area contributed by atoms with E-state index in [1.807, 2.05) is 30.5 Å². The Kier molecular flexibility index (Phi) is 5.91. The molecule has 5 N–H and O–H groups in total. The van der Waals surface area contributed by atoms with Crippen LogP contribution in [0.25, 0.3) is 10.9 Å². The second kappa shape index (κ2) is 8.72. The Morgan fingerprint density at radius 2 is 1.79 bits per heavy atom. The van der Waals surface area contributed by atoms with E-state index in [1.165, 1.54) is 0 Å². The fourth-order valence-corrected chi connectivity index (χ4v) is 2.65. The summed E-state index contributed by atoms with van der Waals surface area (Å²) >= 11 is 0. The molecule has 0 spiro atoms. The molecule has 0 aliphatic carbocycles. The minimum absolute atomic E-state index is 0.0573. The molecule has 0 atom stereocenters. The first-order valence-corrected chi connectivity index (χ1v) is 8.63. The Labute approximate surface area is 161 Å². The summed E-state index contributed by atoms with van der Waals surface area (Å²) in [7, 11) is 0. The van der Waals surface area contributed by atoms with Crippen molar-refractivity contribution in [3.8, 4) is 5.75 Å². The van der Waals surface area contributed by atoms with Gasteiger partial charge in [-0.25, -0.2) is 4.79 Å². The molecule has 3 rings (SSSR count). The second-order valence-electron chi connectivity index (χ2n) is 6.08. The van der Waals surface area contributed by atoms with E-state index >= 15 is 0 Å². The topological polar surface area (TPSA) is 133 Å². The summed E-state index contributed by atoms with van der Waals surface area (Å²) in [6.07, 6.45) is 2.60. The number of H-pyrrole nitrogens is 1. The number of para-hydroxylation sites is 1. The highest BCUT2D eigenvalue weighted by molar-refractivity contribution is 5.97. The SMILES string of the molecule is NC(=O)COc1ccc(/C(N)=N/OC(=O)CCc2c[nH]c3ccccc23)cc1. The standard InChI is InChI=1S/C20H20N4O4/c21-18(25)12-27-15-8-5-13(6-9-15)20(22)24-28-19(26)10-7-14-11-23-17-4-2-1-3-16(14)17/h1-6,8-9,11,23H,7,10,12H2,(H2,21,25)(H2,22,24). The Bertz CT molecular complexity index is 1010. The number of aryl methyl sites for hydroxylation is 1. The van der Waals surface area contributed by atoms with Gasteiger partial charge in [-0.15, -0.1) is 0 Å². The monoisotopic (exact) mass is 380 g/mol. The van der Waals surface area contributed by atoms with Crippen LogP contribution in [-0.4, -0.2) is 29.3 Å². The summed E-state index contributed by atoms with van der Waals surface area (Å²) in [6, 6.07) is 14.4. The molecule has 8 nitrogen and oxygen atoms in total. The first kappa shape index (κ1) is 19.0. The van der Waals surface area contributed by atoms with Crippen molar-refractivity contribution >= 4 is 28.6 Å². The Hall–Kier alpha value is -3.81. The number of fused-ring (bicyclic) bond motifs is 1. The van der Waals surface area contributed by atoms with Crippen LogP contribution in [0.5, 0.6) is 5.75 Å². The number of amides is 1. The molecule has 0 aliphatic rings. The average molecular weight is 380 g/mol. The number of oxime groups is 1. The molecule has 1 aromatic heterocycles. The molecule has 0 unspecified atom stereocenters. The minimum Gasteiger partial charge on any atom is -0.484 e. The number of amidine groups is 1. The number of nitrogens with zero attached hydrogens (tertiary/aromatic N) is 1. The van der Waals surface area contributed by atoms with Crippen LogP contribution in [0.1, 0.15) is 17.5 Å². The maximum atomic E-state index is 12.0. The second-order valence-corrected chi connectivity index (χ2v) is 6.08. The molecule has 3 aromatic rings. The lowest BCUT2D eigenvalue weighted by Crippen LogP contribution is -2.20. The first-order valence-electron chi connectivity index (χ1n) is 8.63. The number of primary amides is 1. The smallest absolute Gasteiger partial charge is 0.335 e. The molecule has 8 heteroatoms. The van der Waals surface area contributed by atoms with E-state index in [0.29, 0.717) is 17.7 Å². The third-order valence-corrected chi connectivity index (χ3v) is 4.05. The van der Waals surface area contributed by atoms with Gasteiger partial charge in [-0.1, -0.05) is 23.4 Å². The van der Waals surface area contributed by atoms with Gasteiger partial charge in [-0.05, 0) is 42.3 Å². The quantitative estimate of drug-likeness (QED) is 0.237. The molecular formula is C20H20N4O4. The van der Waals surface area contributed by atoms with Gasteiger partial charge in [-0.2, -0.15) is 0 Å². The van der Waals surface area contributed by atoms with E-state index in [2.05, 4.69) is 10.1 Å². The van der Waals surface area contributed by atoms with Crippen molar-refractivity contribution in [2.75, 3.05) is 6.61 Å². The normalized spacial score (nSPS) is 11.4. The van der Waals surface area contributed by atoms with E-state index in [-0.39, 0.29) is 18.9 Å². The Morgan fingerprint density at radius 1 is 1.04 bits per heavy atom. The van der Waals surface area contributed by atoms with Crippen LogP contribution >= 0.6 is 0 Å². The lowest BCUT2D eigenvalue weighted by Gasteiger charge is -2.05. The van der Waals surface area contributed by atoms with Crippen LogP contribution in [0.2, 0.25) is 0 Å². The number of ether oxygens (including phenoxy) is 1. The molecule has 0 bridgehead atoms. The molecule has 28 heavy (non-hydrogen) atoms. The maximum absolute atomic E-state index is 12.0. The van der Waals surface area contributed by atoms with Gasteiger partial charge in [-0.3, -0.25) is 4.79 Å². The zero-order valence-corrected chi connectivity index (χ0v) is 15.1. The van der Waals surface area contributed by atoms with E-state index in [0.717, 1.165) is 16.5 Å². The molecule has 1 amide bonds. The highest BCUT2D eigenvalue weighted by Gasteiger charge is 2.09. The van der Waals surface area contributed by atoms with Gasteiger partial charge in [0.25, 0.3) is 5.91 Å². The molecule has 0 fully saturated rings. The van der Waals surface area contributed by atoms with Crippen LogP contribution in [0.4, 0.5) is 0 Å². The summed E-state index contributed by atoms with van der Waals surface area (Å²) in [4.78, 5) is 30.7. The summed E-state index contributed by atoms with van der Waals surface area (Å²) in [6.45, 7) is -0.211. The van der Waals surface area contributed by atoms with E-state index in [4.69, 9.17) is 21.0 Å². The number of aromatic nitrogens is 1. The molecule has 0 saturated heterocycles.